The molecule has 0 aliphatic carbocycles. The van der Waals surface area contributed by atoms with Gasteiger partial charge in [0.15, 0.2) is 0 Å². The van der Waals surface area contributed by atoms with E-state index in [0.29, 0.717) is 0 Å². The zero-order valence-electron chi connectivity index (χ0n) is 16.5. The van der Waals surface area contributed by atoms with Crippen molar-refractivity contribution >= 4 is 6.09 Å². The van der Waals surface area contributed by atoms with Gasteiger partial charge in [-0.25, -0.2) is 9.18 Å². The second-order valence-electron chi connectivity index (χ2n) is 7.75. The molecule has 2 aliphatic rings. The number of carbonyl (C=O) groups is 1. The summed E-state index contributed by atoms with van der Waals surface area (Å²) in [6, 6.07) is 11.3. The largest absolute Gasteiger partial charge is 0.445 e. The standard InChI is InChI=1S/C22H22F3NO5/c23-15-6-7-18(19(8-15)31-20(24)25)22(28)9-16-12-29-13-17(10-22)26(16)21(27)30-11-14-4-2-1-3-5-14/h1-8,16-17,20,28H,9-13H2. The van der Waals surface area contributed by atoms with E-state index >= 15 is 0 Å². The van der Waals surface area contributed by atoms with Gasteiger partial charge in [0.1, 0.15) is 18.2 Å². The number of halogens is 3. The molecular formula is C22H22F3NO5. The van der Waals surface area contributed by atoms with Crippen LogP contribution in [0.3, 0.4) is 0 Å². The summed E-state index contributed by atoms with van der Waals surface area (Å²) in [5.74, 6) is -1.18. The van der Waals surface area contributed by atoms with Gasteiger partial charge in [0.05, 0.1) is 30.9 Å². The second-order valence-corrected chi connectivity index (χ2v) is 7.75. The molecule has 0 saturated carbocycles. The average molecular weight is 437 g/mol. The van der Waals surface area contributed by atoms with E-state index in [2.05, 4.69) is 4.74 Å². The fourth-order valence-electron chi connectivity index (χ4n) is 4.36. The topological polar surface area (TPSA) is 68.2 Å². The Kier molecular flexibility index (Phi) is 6.06. The summed E-state index contributed by atoms with van der Waals surface area (Å²) >= 11 is 0. The molecule has 1 N–H and O–H groups in total. The molecule has 4 rings (SSSR count). The van der Waals surface area contributed by atoms with Gasteiger partial charge in [-0.05, 0) is 17.7 Å². The first-order valence-corrected chi connectivity index (χ1v) is 9.90. The van der Waals surface area contributed by atoms with Crippen LogP contribution in [0.2, 0.25) is 0 Å². The summed E-state index contributed by atoms with van der Waals surface area (Å²) in [4.78, 5) is 14.3. The number of nitrogens with zero attached hydrogens (tertiary/aromatic N) is 1. The highest BCUT2D eigenvalue weighted by Gasteiger charge is 2.50. The van der Waals surface area contributed by atoms with Crippen LogP contribution < -0.4 is 4.74 Å². The van der Waals surface area contributed by atoms with E-state index in [1.54, 1.807) is 0 Å². The summed E-state index contributed by atoms with van der Waals surface area (Å²) in [7, 11) is 0. The number of hydrogen-bond donors (Lipinski definition) is 1. The van der Waals surface area contributed by atoms with E-state index in [-0.39, 0.29) is 38.2 Å². The van der Waals surface area contributed by atoms with Crippen molar-refractivity contribution in [3.05, 3.63) is 65.5 Å². The smallest absolute Gasteiger partial charge is 0.410 e. The lowest BCUT2D eigenvalue weighted by atomic mass is 9.76. The zero-order chi connectivity index (χ0) is 22.0. The van der Waals surface area contributed by atoms with Gasteiger partial charge in [-0.2, -0.15) is 8.78 Å². The maximum atomic E-state index is 13.6. The van der Waals surface area contributed by atoms with Crippen LogP contribution in [0, 0.1) is 5.82 Å². The first-order valence-electron chi connectivity index (χ1n) is 9.90. The van der Waals surface area contributed by atoms with Gasteiger partial charge in [-0.1, -0.05) is 30.3 Å². The fourth-order valence-corrected chi connectivity index (χ4v) is 4.36. The Morgan fingerprint density at radius 2 is 1.84 bits per heavy atom. The summed E-state index contributed by atoms with van der Waals surface area (Å²) in [5, 5.41) is 11.4. The van der Waals surface area contributed by atoms with Gasteiger partial charge in [-0.15, -0.1) is 0 Å². The molecule has 2 saturated heterocycles. The lowest BCUT2D eigenvalue weighted by molar-refractivity contribution is -0.138. The van der Waals surface area contributed by atoms with Crippen molar-refractivity contribution in [3.8, 4) is 5.75 Å². The molecule has 2 aliphatic heterocycles. The van der Waals surface area contributed by atoms with Crippen molar-refractivity contribution in [2.24, 2.45) is 0 Å². The minimum Gasteiger partial charge on any atom is -0.445 e. The van der Waals surface area contributed by atoms with Crippen molar-refractivity contribution in [1.29, 1.82) is 0 Å². The van der Waals surface area contributed by atoms with Crippen molar-refractivity contribution in [2.75, 3.05) is 13.2 Å². The van der Waals surface area contributed by atoms with E-state index < -0.39 is 42.0 Å². The van der Waals surface area contributed by atoms with Gasteiger partial charge in [0.25, 0.3) is 0 Å². The van der Waals surface area contributed by atoms with Crippen LogP contribution in [0.5, 0.6) is 5.75 Å². The van der Waals surface area contributed by atoms with Crippen molar-refractivity contribution in [2.45, 2.75) is 43.7 Å². The average Bonchev–Trinajstić information content (AvgIpc) is 2.71. The number of fused-ring (bicyclic) bond motifs is 2. The fraction of sp³-hybridized carbons (Fsp3) is 0.409. The first kappa shape index (κ1) is 21.5. The number of hydrogen-bond acceptors (Lipinski definition) is 5. The van der Waals surface area contributed by atoms with E-state index in [4.69, 9.17) is 9.47 Å². The molecule has 2 aromatic carbocycles. The highest BCUT2D eigenvalue weighted by molar-refractivity contribution is 5.69. The number of aliphatic hydroxyl groups is 1. The third-order valence-electron chi connectivity index (χ3n) is 5.63. The normalized spacial score (nSPS) is 25.4. The van der Waals surface area contributed by atoms with Crippen molar-refractivity contribution in [1.82, 2.24) is 4.90 Å². The highest BCUT2D eigenvalue weighted by Crippen LogP contribution is 2.44. The number of amides is 1. The predicted molar refractivity (Wildman–Crippen MR) is 103 cm³/mol. The molecule has 31 heavy (non-hydrogen) atoms. The number of rotatable bonds is 5. The number of ether oxygens (including phenoxy) is 3. The minimum absolute atomic E-state index is 0.00909. The monoisotopic (exact) mass is 437 g/mol. The molecule has 166 valence electrons. The van der Waals surface area contributed by atoms with Crippen LogP contribution in [0.1, 0.15) is 24.0 Å². The molecule has 1 amide bonds. The summed E-state index contributed by atoms with van der Waals surface area (Å²) in [6.45, 7) is -2.75. The van der Waals surface area contributed by atoms with Crippen LogP contribution in [-0.2, 0) is 21.7 Å². The molecule has 6 nitrogen and oxygen atoms in total. The molecule has 2 atom stereocenters. The number of morpholine rings is 1. The third kappa shape index (κ3) is 4.62. The number of carbonyl (C=O) groups excluding carboxylic acids is 1. The SMILES string of the molecule is O=C(OCc1ccccc1)N1C2COCC1CC(O)(c1ccc(F)cc1OC(F)F)C2. The zero-order valence-corrected chi connectivity index (χ0v) is 16.5. The molecule has 2 bridgehead atoms. The summed E-state index contributed by atoms with van der Waals surface area (Å²) in [6.07, 6.45) is -0.517. The Morgan fingerprint density at radius 3 is 2.48 bits per heavy atom. The number of alkyl halides is 2. The first-order chi connectivity index (χ1) is 14.9. The predicted octanol–water partition coefficient (Wildman–Crippen LogP) is 3.81. The Labute approximate surface area is 177 Å². The summed E-state index contributed by atoms with van der Waals surface area (Å²) < 4.78 is 54.7. The molecule has 2 heterocycles. The van der Waals surface area contributed by atoms with E-state index in [1.807, 2.05) is 30.3 Å². The van der Waals surface area contributed by atoms with Crippen molar-refractivity contribution in [3.63, 3.8) is 0 Å². The van der Waals surface area contributed by atoms with Crippen LogP contribution in [0.4, 0.5) is 18.0 Å². The van der Waals surface area contributed by atoms with Gasteiger partial charge in [0.2, 0.25) is 0 Å². The van der Waals surface area contributed by atoms with Crippen molar-refractivity contribution < 1.29 is 37.3 Å². The molecule has 2 aromatic rings. The molecular weight excluding hydrogens is 415 g/mol. The van der Waals surface area contributed by atoms with Crippen LogP contribution in [-0.4, -0.2) is 48.0 Å². The van der Waals surface area contributed by atoms with E-state index in [9.17, 15) is 23.1 Å². The van der Waals surface area contributed by atoms with E-state index in [1.165, 1.54) is 11.0 Å². The molecule has 9 heteroatoms. The van der Waals surface area contributed by atoms with Crippen LogP contribution >= 0.6 is 0 Å². The van der Waals surface area contributed by atoms with E-state index in [0.717, 1.165) is 17.7 Å². The number of piperidine rings is 1. The van der Waals surface area contributed by atoms with Gasteiger partial charge in [0, 0.05) is 24.5 Å². The van der Waals surface area contributed by atoms with Gasteiger partial charge < -0.3 is 19.3 Å². The third-order valence-corrected chi connectivity index (χ3v) is 5.63. The lowest BCUT2D eigenvalue weighted by Gasteiger charge is -2.51. The Morgan fingerprint density at radius 1 is 1.16 bits per heavy atom. The quantitative estimate of drug-likeness (QED) is 0.771. The maximum absolute atomic E-state index is 13.6. The molecule has 0 radical (unpaired) electrons. The van der Waals surface area contributed by atoms with Gasteiger partial charge in [-0.3, -0.25) is 4.90 Å². The highest BCUT2D eigenvalue weighted by atomic mass is 19.3. The molecule has 0 aromatic heterocycles. The van der Waals surface area contributed by atoms with Gasteiger partial charge >= 0.3 is 12.7 Å². The molecule has 2 fully saturated rings. The molecule has 2 unspecified atom stereocenters. The lowest BCUT2D eigenvalue weighted by Crippen LogP contribution is -2.62. The Balaban J connectivity index is 1.53. The Bertz CT molecular complexity index is 913. The summed E-state index contributed by atoms with van der Waals surface area (Å²) in [5.41, 5.74) is -0.693. The second kappa shape index (κ2) is 8.76. The minimum atomic E-state index is -3.17. The van der Waals surface area contributed by atoms with Crippen LogP contribution in [0.15, 0.2) is 48.5 Å². The maximum Gasteiger partial charge on any atom is 0.410 e. The van der Waals surface area contributed by atoms with Crippen LogP contribution in [0.25, 0.3) is 0 Å². The number of benzene rings is 2. The molecule has 0 spiro atoms. The Hall–Kier alpha value is -2.78.